The lowest BCUT2D eigenvalue weighted by atomic mass is 9.78. The molecular weight excluding hydrogens is 426 g/mol. The van der Waals surface area contributed by atoms with Crippen molar-refractivity contribution in [3.05, 3.63) is 53.6 Å². The fourth-order valence-electron chi connectivity index (χ4n) is 3.65. The van der Waals surface area contributed by atoms with E-state index < -0.39 is 29.5 Å². The number of nitrogens with zero attached hydrogens (tertiary/aromatic N) is 2. The van der Waals surface area contributed by atoms with Gasteiger partial charge in [-0.2, -0.15) is 0 Å². The van der Waals surface area contributed by atoms with Gasteiger partial charge in [0, 0.05) is 18.4 Å². The quantitative estimate of drug-likeness (QED) is 0.620. The molecule has 2 aromatic rings. The number of rotatable bonds is 7. The molecule has 2 aliphatic rings. The number of alkyl halides is 1. The molecule has 1 fully saturated rings. The van der Waals surface area contributed by atoms with E-state index in [1.807, 2.05) is 0 Å². The number of pyridine rings is 1. The minimum atomic E-state index is -2.10. The second-order valence-electron chi connectivity index (χ2n) is 7.43. The first-order chi connectivity index (χ1) is 15.4. The first kappa shape index (κ1) is 21.9. The zero-order valence-corrected chi connectivity index (χ0v) is 17.3. The van der Waals surface area contributed by atoms with Crippen molar-refractivity contribution in [2.45, 2.75) is 11.2 Å². The van der Waals surface area contributed by atoms with Gasteiger partial charge in [-0.15, -0.1) is 0 Å². The topological polar surface area (TPSA) is 117 Å². The van der Waals surface area contributed by atoms with Gasteiger partial charge in [0.25, 0.3) is 11.9 Å². The van der Waals surface area contributed by atoms with E-state index in [0.29, 0.717) is 19.0 Å². The number of hydrogen-bond donors (Lipinski definition) is 2. The number of nitrogens with two attached hydrogens (primary N) is 1. The van der Waals surface area contributed by atoms with Gasteiger partial charge in [-0.1, -0.05) is 0 Å². The number of ether oxygens (including phenoxy) is 4. The van der Waals surface area contributed by atoms with Crippen molar-refractivity contribution >= 4 is 17.6 Å². The Morgan fingerprint density at radius 1 is 1.25 bits per heavy atom. The maximum atomic E-state index is 15.6. The number of anilines is 1. The molecule has 2 aliphatic heterocycles. The molecule has 9 nitrogen and oxygen atoms in total. The van der Waals surface area contributed by atoms with Crippen molar-refractivity contribution in [3.8, 4) is 5.75 Å². The molecule has 1 saturated heterocycles. The molecule has 0 bridgehead atoms. The van der Waals surface area contributed by atoms with Crippen LogP contribution in [0.4, 0.5) is 14.5 Å². The second kappa shape index (κ2) is 8.67. The highest BCUT2D eigenvalue weighted by atomic mass is 19.1. The number of carbonyl (C=O) groups is 1. The van der Waals surface area contributed by atoms with Gasteiger partial charge >= 0.3 is 0 Å². The van der Waals surface area contributed by atoms with Crippen LogP contribution in [0.1, 0.15) is 16.1 Å². The van der Waals surface area contributed by atoms with Gasteiger partial charge in [0.05, 0.1) is 26.0 Å². The average molecular weight is 448 g/mol. The Morgan fingerprint density at radius 2 is 2.09 bits per heavy atom. The number of amides is 1. The maximum absolute atomic E-state index is 15.6. The summed E-state index contributed by atoms with van der Waals surface area (Å²) >= 11 is 0. The van der Waals surface area contributed by atoms with Crippen LogP contribution in [0.2, 0.25) is 0 Å². The Labute approximate surface area is 182 Å². The summed E-state index contributed by atoms with van der Waals surface area (Å²) in [6.07, 6.45) is 1.41. The van der Waals surface area contributed by atoms with Gasteiger partial charge in [0.2, 0.25) is 0 Å². The SMILES string of the molecule is COCCOc1ccc(C(=O)Nc2ccc(F)c(C34COCC3(F)COC(N)=N4)c2)nc1. The summed E-state index contributed by atoms with van der Waals surface area (Å²) in [5.41, 5.74) is 2.11. The molecule has 1 amide bonds. The summed E-state index contributed by atoms with van der Waals surface area (Å²) in [6.45, 7) is -0.178. The molecule has 1 aromatic carbocycles. The highest BCUT2D eigenvalue weighted by Gasteiger charge is 2.62. The molecule has 0 spiro atoms. The fraction of sp³-hybridized carbons (Fsp3) is 0.381. The molecule has 4 rings (SSSR count). The average Bonchev–Trinajstić information content (AvgIpc) is 3.13. The van der Waals surface area contributed by atoms with Crippen LogP contribution < -0.4 is 15.8 Å². The molecule has 1 aromatic heterocycles. The molecule has 2 unspecified atom stereocenters. The molecule has 3 N–H and O–H groups in total. The molecule has 170 valence electrons. The number of carbonyl (C=O) groups excluding carboxylic acids is 1. The summed E-state index contributed by atoms with van der Waals surface area (Å²) < 4.78 is 51.0. The molecule has 32 heavy (non-hydrogen) atoms. The number of aromatic nitrogens is 1. The minimum absolute atomic E-state index is 0.0867. The lowest BCUT2D eigenvalue weighted by Gasteiger charge is -2.38. The largest absolute Gasteiger partial charge is 0.490 e. The Hall–Kier alpha value is -3.31. The zero-order chi connectivity index (χ0) is 22.8. The fourth-order valence-corrected chi connectivity index (χ4v) is 3.65. The van der Waals surface area contributed by atoms with Crippen LogP contribution in [0.3, 0.4) is 0 Å². The number of fused-ring (bicyclic) bond motifs is 1. The highest BCUT2D eigenvalue weighted by molar-refractivity contribution is 6.02. The normalized spacial score (nSPS) is 24.3. The maximum Gasteiger partial charge on any atom is 0.283 e. The van der Waals surface area contributed by atoms with Crippen LogP contribution in [-0.4, -0.2) is 62.7 Å². The molecular formula is C21H22F2N4O5. The lowest BCUT2D eigenvalue weighted by Crippen LogP contribution is -2.55. The molecule has 11 heteroatoms. The van der Waals surface area contributed by atoms with Crippen molar-refractivity contribution in [1.82, 2.24) is 4.98 Å². The molecule has 0 radical (unpaired) electrons. The number of amidine groups is 1. The van der Waals surface area contributed by atoms with Crippen LogP contribution in [0.25, 0.3) is 0 Å². The first-order valence-corrected chi connectivity index (χ1v) is 9.81. The molecule has 0 saturated carbocycles. The van der Waals surface area contributed by atoms with E-state index in [9.17, 15) is 9.18 Å². The summed E-state index contributed by atoms with van der Waals surface area (Å²) in [4.78, 5) is 20.8. The third kappa shape index (κ3) is 3.96. The van der Waals surface area contributed by atoms with Crippen LogP contribution in [0.15, 0.2) is 41.5 Å². The van der Waals surface area contributed by atoms with Gasteiger partial charge < -0.3 is 30.0 Å². The summed E-state index contributed by atoms with van der Waals surface area (Å²) in [6, 6.07) is 6.63. The van der Waals surface area contributed by atoms with Gasteiger partial charge in [-0.3, -0.25) is 4.79 Å². The Bertz CT molecular complexity index is 1040. The summed E-state index contributed by atoms with van der Waals surface area (Å²) in [7, 11) is 1.56. The third-order valence-corrected chi connectivity index (χ3v) is 5.33. The van der Waals surface area contributed by atoms with Crippen molar-refractivity contribution in [3.63, 3.8) is 0 Å². The standard InChI is InChI=1S/C21H22F2N4O5/c1-29-6-7-31-14-3-5-17(25-9-14)18(28)26-13-2-4-16(22)15(8-13)21-12-30-10-20(21,23)11-32-19(24)27-21/h2-5,8-9H,6-7,10-12H2,1H3,(H2,24,27)(H,26,28). The first-order valence-electron chi connectivity index (χ1n) is 9.81. The Balaban J connectivity index is 1.56. The number of methoxy groups -OCH3 is 1. The number of nitrogens with one attached hydrogen (secondary N) is 1. The number of halogens is 2. The monoisotopic (exact) mass is 448 g/mol. The van der Waals surface area contributed by atoms with Gasteiger partial charge in [0.1, 0.15) is 30.5 Å². The van der Waals surface area contributed by atoms with Crippen molar-refractivity contribution in [2.24, 2.45) is 10.7 Å². The van der Waals surface area contributed by atoms with Crippen molar-refractivity contribution < 1.29 is 32.5 Å². The van der Waals surface area contributed by atoms with E-state index in [4.69, 9.17) is 24.7 Å². The van der Waals surface area contributed by atoms with E-state index in [2.05, 4.69) is 15.3 Å². The predicted molar refractivity (Wildman–Crippen MR) is 110 cm³/mol. The highest BCUT2D eigenvalue weighted by Crippen LogP contribution is 2.48. The van der Waals surface area contributed by atoms with Gasteiger partial charge in [-0.25, -0.2) is 18.8 Å². The smallest absolute Gasteiger partial charge is 0.283 e. The summed E-state index contributed by atoms with van der Waals surface area (Å²) in [5.74, 6) is -0.755. The second-order valence-corrected chi connectivity index (χ2v) is 7.43. The van der Waals surface area contributed by atoms with E-state index in [0.717, 1.165) is 6.07 Å². The zero-order valence-electron chi connectivity index (χ0n) is 17.3. The van der Waals surface area contributed by atoms with E-state index in [1.165, 1.54) is 24.4 Å². The van der Waals surface area contributed by atoms with Crippen molar-refractivity contribution in [2.75, 3.05) is 45.5 Å². The van der Waals surface area contributed by atoms with Crippen molar-refractivity contribution in [1.29, 1.82) is 0 Å². The molecule has 3 heterocycles. The lowest BCUT2D eigenvalue weighted by molar-refractivity contribution is 0.00905. The third-order valence-electron chi connectivity index (χ3n) is 5.33. The van der Waals surface area contributed by atoms with Crippen LogP contribution in [-0.2, 0) is 19.7 Å². The van der Waals surface area contributed by atoms with Crippen LogP contribution in [0, 0.1) is 5.82 Å². The Morgan fingerprint density at radius 3 is 2.84 bits per heavy atom. The molecule has 0 aliphatic carbocycles. The summed E-state index contributed by atoms with van der Waals surface area (Å²) in [5, 5.41) is 2.63. The van der Waals surface area contributed by atoms with Gasteiger partial charge in [-0.05, 0) is 30.3 Å². The van der Waals surface area contributed by atoms with E-state index in [-0.39, 0.29) is 36.2 Å². The van der Waals surface area contributed by atoms with E-state index in [1.54, 1.807) is 13.2 Å². The Kier molecular flexibility index (Phi) is 5.94. The van der Waals surface area contributed by atoms with Crippen LogP contribution >= 0.6 is 0 Å². The molecule has 2 atom stereocenters. The van der Waals surface area contributed by atoms with E-state index >= 15 is 4.39 Å². The van der Waals surface area contributed by atoms with Crippen LogP contribution in [0.5, 0.6) is 5.75 Å². The number of benzene rings is 1. The van der Waals surface area contributed by atoms with Gasteiger partial charge in [0.15, 0.2) is 11.2 Å². The minimum Gasteiger partial charge on any atom is -0.490 e. The number of hydrogen-bond acceptors (Lipinski definition) is 8. The predicted octanol–water partition coefficient (Wildman–Crippen LogP) is 1.78. The number of aliphatic imine (C=N–C) groups is 1.